The zero-order valence-corrected chi connectivity index (χ0v) is 14.4. The van der Waals surface area contributed by atoms with Crippen LogP contribution in [0.3, 0.4) is 0 Å². The highest BCUT2D eigenvalue weighted by Gasteiger charge is 2.18. The molecule has 1 aromatic heterocycles. The molecular formula is C20H18FNO4. The van der Waals surface area contributed by atoms with Crippen LogP contribution in [0.2, 0.25) is 0 Å². The van der Waals surface area contributed by atoms with Gasteiger partial charge in [-0.1, -0.05) is 12.1 Å². The smallest absolute Gasteiger partial charge is 0.336 e. The predicted octanol–water partition coefficient (Wildman–Crippen LogP) is 3.53. The number of amides is 1. The van der Waals surface area contributed by atoms with Gasteiger partial charge in [0, 0.05) is 24.6 Å². The van der Waals surface area contributed by atoms with Gasteiger partial charge in [-0.05, 0) is 42.8 Å². The largest absolute Gasteiger partial charge is 0.484 e. The molecule has 5 nitrogen and oxygen atoms in total. The third-order valence-corrected chi connectivity index (χ3v) is 4.28. The van der Waals surface area contributed by atoms with E-state index in [0.29, 0.717) is 11.3 Å². The molecule has 0 N–H and O–H groups in total. The van der Waals surface area contributed by atoms with Crippen LogP contribution in [0, 0.1) is 5.82 Å². The van der Waals surface area contributed by atoms with Crippen LogP contribution in [-0.2, 0) is 4.79 Å². The lowest BCUT2D eigenvalue weighted by Gasteiger charge is -2.25. The van der Waals surface area contributed by atoms with Crippen molar-refractivity contribution in [2.24, 2.45) is 0 Å². The molecule has 3 rings (SSSR count). The standard InChI is InChI=1S/C20H18FNO4/c1-13(14-3-7-16(21)8-4-14)22(2)19(23)12-25-17-9-5-15-6-10-20(24)26-18(15)11-17/h3-11,13H,12H2,1-2H3/t13-/m0/s1. The van der Waals surface area contributed by atoms with E-state index < -0.39 is 5.63 Å². The Balaban J connectivity index is 1.66. The van der Waals surface area contributed by atoms with E-state index >= 15 is 0 Å². The van der Waals surface area contributed by atoms with Gasteiger partial charge >= 0.3 is 5.63 Å². The highest BCUT2D eigenvalue weighted by atomic mass is 19.1. The lowest BCUT2D eigenvalue weighted by atomic mass is 10.1. The Morgan fingerprint density at radius 2 is 1.85 bits per heavy atom. The van der Waals surface area contributed by atoms with Crippen molar-refractivity contribution in [1.82, 2.24) is 4.90 Å². The second kappa shape index (κ2) is 7.39. The molecule has 0 aliphatic rings. The van der Waals surface area contributed by atoms with E-state index in [0.717, 1.165) is 10.9 Å². The summed E-state index contributed by atoms with van der Waals surface area (Å²) in [7, 11) is 1.67. The van der Waals surface area contributed by atoms with Gasteiger partial charge in [0.25, 0.3) is 5.91 Å². The Kier molecular flexibility index (Phi) is 5.02. The predicted molar refractivity (Wildman–Crippen MR) is 95.6 cm³/mol. The van der Waals surface area contributed by atoms with Gasteiger partial charge in [-0.15, -0.1) is 0 Å². The molecule has 1 amide bonds. The maximum absolute atomic E-state index is 13.0. The van der Waals surface area contributed by atoms with E-state index in [9.17, 15) is 14.0 Å². The first-order valence-corrected chi connectivity index (χ1v) is 8.12. The molecule has 0 spiro atoms. The van der Waals surface area contributed by atoms with E-state index in [1.54, 1.807) is 43.4 Å². The topological polar surface area (TPSA) is 59.8 Å². The van der Waals surface area contributed by atoms with Crippen LogP contribution in [0.4, 0.5) is 4.39 Å². The van der Waals surface area contributed by atoms with Crippen LogP contribution in [-0.4, -0.2) is 24.5 Å². The number of hydrogen-bond acceptors (Lipinski definition) is 4. The van der Waals surface area contributed by atoms with Gasteiger partial charge in [-0.2, -0.15) is 0 Å². The van der Waals surface area contributed by atoms with Crippen LogP contribution in [0.1, 0.15) is 18.5 Å². The van der Waals surface area contributed by atoms with Crippen molar-refractivity contribution >= 4 is 16.9 Å². The Morgan fingerprint density at radius 3 is 2.58 bits per heavy atom. The minimum Gasteiger partial charge on any atom is -0.484 e. The summed E-state index contributed by atoms with van der Waals surface area (Å²) < 4.78 is 23.7. The fourth-order valence-corrected chi connectivity index (χ4v) is 2.56. The summed E-state index contributed by atoms with van der Waals surface area (Å²) in [6, 6.07) is 13.8. The summed E-state index contributed by atoms with van der Waals surface area (Å²) in [5.41, 5.74) is 0.781. The van der Waals surface area contributed by atoms with E-state index in [4.69, 9.17) is 9.15 Å². The molecule has 0 saturated carbocycles. The summed E-state index contributed by atoms with van der Waals surface area (Å²) in [6.45, 7) is 1.69. The summed E-state index contributed by atoms with van der Waals surface area (Å²) in [6.07, 6.45) is 0. The Bertz CT molecular complexity index is 981. The first kappa shape index (κ1) is 17.7. The second-order valence-corrected chi connectivity index (χ2v) is 5.97. The number of halogens is 1. The minimum absolute atomic E-state index is 0.162. The van der Waals surface area contributed by atoms with Gasteiger partial charge < -0.3 is 14.1 Å². The van der Waals surface area contributed by atoms with Crippen molar-refractivity contribution in [2.75, 3.05) is 13.7 Å². The molecule has 0 saturated heterocycles. The molecule has 0 unspecified atom stereocenters. The molecule has 0 aliphatic heterocycles. The van der Waals surface area contributed by atoms with Crippen molar-refractivity contribution < 1.29 is 18.3 Å². The number of hydrogen-bond donors (Lipinski definition) is 0. The van der Waals surface area contributed by atoms with E-state index in [1.165, 1.54) is 23.1 Å². The number of nitrogens with zero attached hydrogens (tertiary/aromatic N) is 1. The van der Waals surface area contributed by atoms with Gasteiger partial charge in [0.2, 0.25) is 0 Å². The lowest BCUT2D eigenvalue weighted by Crippen LogP contribution is -2.33. The van der Waals surface area contributed by atoms with Crippen LogP contribution in [0.15, 0.2) is 63.8 Å². The van der Waals surface area contributed by atoms with Crippen molar-refractivity contribution in [3.8, 4) is 5.75 Å². The molecule has 3 aromatic rings. The van der Waals surface area contributed by atoms with Gasteiger partial charge in [0.05, 0.1) is 6.04 Å². The first-order valence-electron chi connectivity index (χ1n) is 8.12. The molecule has 26 heavy (non-hydrogen) atoms. The summed E-state index contributed by atoms with van der Waals surface area (Å²) >= 11 is 0. The van der Waals surface area contributed by atoms with Crippen molar-refractivity contribution in [1.29, 1.82) is 0 Å². The number of benzene rings is 2. The Morgan fingerprint density at radius 1 is 1.15 bits per heavy atom. The number of fused-ring (bicyclic) bond motifs is 1. The molecular weight excluding hydrogens is 337 g/mol. The summed E-state index contributed by atoms with van der Waals surface area (Å²) in [5.74, 6) is -0.110. The summed E-state index contributed by atoms with van der Waals surface area (Å²) in [4.78, 5) is 25.2. The van der Waals surface area contributed by atoms with Crippen LogP contribution in [0.25, 0.3) is 11.0 Å². The minimum atomic E-state index is -0.446. The number of carbonyl (C=O) groups is 1. The maximum atomic E-state index is 13.0. The Hall–Kier alpha value is -3.15. The molecule has 0 aliphatic carbocycles. The molecule has 2 aromatic carbocycles. The first-order chi connectivity index (χ1) is 12.4. The van der Waals surface area contributed by atoms with Gasteiger partial charge in [-0.25, -0.2) is 9.18 Å². The molecule has 134 valence electrons. The van der Waals surface area contributed by atoms with E-state index in [-0.39, 0.29) is 24.4 Å². The highest BCUT2D eigenvalue weighted by Crippen LogP contribution is 2.21. The average molecular weight is 355 g/mol. The third-order valence-electron chi connectivity index (χ3n) is 4.28. The third kappa shape index (κ3) is 3.91. The van der Waals surface area contributed by atoms with E-state index in [1.807, 2.05) is 6.92 Å². The quantitative estimate of drug-likeness (QED) is 0.657. The molecule has 0 bridgehead atoms. The zero-order chi connectivity index (χ0) is 18.7. The van der Waals surface area contributed by atoms with Crippen LogP contribution in [0.5, 0.6) is 5.75 Å². The van der Waals surface area contributed by atoms with Gasteiger partial charge in [0.15, 0.2) is 6.61 Å². The lowest BCUT2D eigenvalue weighted by molar-refractivity contribution is -0.134. The number of carbonyl (C=O) groups excluding carboxylic acids is 1. The Labute approximate surface area is 149 Å². The molecule has 0 radical (unpaired) electrons. The van der Waals surface area contributed by atoms with Crippen LogP contribution < -0.4 is 10.4 Å². The number of ether oxygens (including phenoxy) is 1. The fourth-order valence-electron chi connectivity index (χ4n) is 2.56. The normalized spacial score (nSPS) is 12.0. The number of rotatable bonds is 5. The molecule has 1 atom stereocenters. The monoisotopic (exact) mass is 355 g/mol. The van der Waals surface area contributed by atoms with Crippen molar-refractivity contribution in [3.05, 3.63) is 76.4 Å². The fraction of sp³-hybridized carbons (Fsp3) is 0.200. The highest BCUT2D eigenvalue weighted by molar-refractivity contribution is 5.79. The van der Waals surface area contributed by atoms with Crippen LogP contribution >= 0.6 is 0 Å². The van der Waals surface area contributed by atoms with E-state index in [2.05, 4.69) is 0 Å². The van der Waals surface area contributed by atoms with Gasteiger partial charge in [0.1, 0.15) is 17.1 Å². The molecule has 1 heterocycles. The second-order valence-electron chi connectivity index (χ2n) is 5.97. The summed E-state index contributed by atoms with van der Waals surface area (Å²) in [5, 5.41) is 0.769. The zero-order valence-electron chi connectivity index (χ0n) is 14.4. The van der Waals surface area contributed by atoms with Crippen molar-refractivity contribution in [2.45, 2.75) is 13.0 Å². The maximum Gasteiger partial charge on any atom is 0.336 e. The molecule has 0 fully saturated rings. The molecule has 6 heteroatoms. The average Bonchev–Trinajstić information content (AvgIpc) is 2.65. The van der Waals surface area contributed by atoms with Crippen molar-refractivity contribution in [3.63, 3.8) is 0 Å². The SMILES string of the molecule is C[C@@H](c1ccc(F)cc1)N(C)C(=O)COc1ccc2ccc(=O)oc2c1. The number of likely N-dealkylation sites (N-methyl/N-ethyl adjacent to an activating group) is 1. The van der Waals surface area contributed by atoms with Gasteiger partial charge in [-0.3, -0.25) is 4.79 Å².